The number of carbonyl (C=O) groups excluding carboxylic acids is 1. The van der Waals surface area contributed by atoms with Crippen LogP contribution in [-0.2, 0) is 6.54 Å². The third kappa shape index (κ3) is 3.87. The van der Waals surface area contributed by atoms with E-state index in [1.54, 1.807) is 0 Å². The van der Waals surface area contributed by atoms with Gasteiger partial charge in [0, 0.05) is 19.0 Å². The lowest BCUT2D eigenvalue weighted by Gasteiger charge is -2.19. The van der Waals surface area contributed by atoms with Crippen molar-refractivity contribution in [1.29, 1.82) is 0 Å². The predicted octanol–water partition coefficient (Wildman–Crippen LogP) is 5.05. The van der Waals surface area contributed by atoms with Crippen molar-refractivity contribution in [1.82, 2.24) is 10.2 Å². The van der Waals surface area contributed by atoms with Gasteiger partial charge in [0.2, 0.25) is 0 Å². The molecule has 0 aromatic heterocycles. The van der Waals surface area contributed by atoms with E-state index in [1.165, 1.54) is 16.7 Å². The molecule has 136 valence electrons. The maximum Gasteiger partial charge on any atom is 0.318 e. The molecule has 2 atom stereocenters. The minimum atomic E-state index is 0.0231. The first-order valence-electron chi connectivity index (χ1n) is 9.45. The van der Waals surface area contributed by atoms with E-state index in [1.807, 2.05) is 29.2 Å². The highest BCUT2D eigenvalue weighted by Gasteiger charge is 2.32. The molecule has 0 spiro atoms. The zero-order valence-electron chi connectivity index (χ0n) is 15.5. The Labute approximate surface area is 160 Å². The Morgan fingerprint density at radius 3 is 2.15 bits per heavy atom. The fourth-order valence-corrected chi connectivity index (χ4v) is 3.68. The van der Waals surface area contributed by atoms with E-state index in [2.05, 4.69) is 72.9 Å². The van der Waals surface area contributed by atoms with E-state index < -0.39 is 0 Å². The molecule has 0 aliphatic carbocycles. The van der Waals surface area contributed by atoms with E-state index >= 15 is 0 Å². The molecule has 1 fully saturated rings. The van der Waals surface area contributed by atoms with Crippen LogP contribution in [0.5, 0.6) is 0 Å². The van der Waals surface area contributed by atoms with Gasteiger partial charge in [0.1, 0.15) is 0 Å². The van der Waals surface area contributed by atoms with Crippen LogP contribution in [0.1, 0.15) is 24.0 Å². The van der Waals surface area contributed by atoms with Crippen LogP contribution in [0.2, 0.25) is 0 Å². The molecule has 1 aliphatic rings. The molecule has 1 aliphatic heterocycles. The smallest absolute Gasteiger partial charge is 0.318 e. The monoisotopic (exact) mass is 356 g/mol. The van der Waals surface area contributed by atoms with E-state index in [-0.39, 0.29) is 12.1 Å². The van der Waals surface area contributed by atoms with Crippen LogP contribution in [-0.4, -0.2) is 23.5 Å². The van der Waals surface area contributed by atoms with Gasteiger partial charge >= 0.3 is 6.03 Å². The first-order chi connectivity index (χ1) is 13.2. The second-order valence-corrected chi connectivity index (χ2v) is 7.20. The van der Waals surface area contributed by atoms with Crippen molar-refractivity contribution in [3.63, 3.8) is 0 Å². The Hall–Kier alpha value is -3.07. The van der Waals surface area contributed by atoms with Gasteiger partial charge in [-0.2, -0.15) is 0 Å². The molecule has 3 aromatic rings. The van der Waals surface area contributed by atoms with E-state index in [0.717, 1.165) is 12.1 Å². The lowest BCUT2D eigenvalue weighted by molar-refractivity contribution is 0.215. The maximum atomic E-state index is 12.4. The maximum absolute atomic E-state index is 12.4. The number of carbonyl (C=O) groups is 1. The fourth-order valence-electron chi connectivity index (χ4n) is 3.68. The van der Waals surface area contributed by atoms with Gasteiger partial charge in [0.15, 0.2) is 0 Å². The fraction of sp³-hybridized carbons (Fsp3) is 0.208. The highest BCUT2D eigenvalue weighted by atomic mass is 16.2. The summed E-state index contributed by atoms with van der Waals surface area (Å²) in [6, 6.07) is 29.4. The highest BCUT2D eigenvalue weighted by Crippen LogP contribution is 2.24. The first-order valence-corrected chi connectivity index (χ1v) is 9.45. The van der Waals surface area contributed by atoms with Gasteiger partial charge in [-0.15, -0.1) is 0 Å². The molecule has 3 aromatic carbocycles. The minimum absolute atomic E-state index is 0.0231. The molecule has 3 heteroatoms. The van der Waals surface area contributed by atoms with Crippen LogP contribution < -0.4 is 5.32 Å². The number of nitrogens with one attached hydrogen (secondary N) is 1. The molecular formula is C24H24N2O. The van der Waals surface area contributed by atoms with Crippen LogP contribution >= 0.6 is 0 Å². The number of rotatable bonds is 5. The Bertz CT molecular complexity index is 891. The highest BCUT2D eigenvalue weighted by molar-refractivity contribution is 5.77. The zero-order chi connectivity index (χ0) is 18.6. The van der Waals surface area contributed by atoms with Crippen LogP contribution in [0, 0.1) is 0 Å². The molecular weight excluding hydrogens is 332 g/mol. The summed E-state index contributed by atoms with van der Waals surface area (Å²) in [5, 5.41) is 3.15. The number of amides is 2. The largest absolute Gasteiger partial charge is 0.333 e. The summed E-state index contributed by atoms with van der Waals surface area (Å²) in [5.41, 5.74) is 4.82. The van der Waals surface area contributed by atoms with Crippen molar-refractivity contribution in [2.45, 2.75) is 25.4 Å². The Balaban J connectivity index is 1.42. The Morgan fingerprint density at radius 1 is 0.889 bits per heavy atom. The van der Waals surface area contributed by atoms with Crippen LogP contribution in [0.15, 0.2) is 84.9 Å². The van der Waals surface area contributed by atoms with E-state index in [4.69, 9.17) is 0 Å². The number of hydrogen-bond donors (Lipinski definition) is 1. The molecule has 4 rings (SSSR count). The lowest BCUT2D eigenvalue weighted by atomic mass is 9.94. The van der Waals surface area contributed by atoms with Crippen molar-refractivity contribution in [2.24, 2.45) is 0 Å². The van der Waals surface area contributed by atoms with Crippen LogP contribution in [0.3, 0.4) is 0 Å². The third-order valence-corrected chi connectivity index (χ3v) is 5.38. The van der Waals surface area contributed by atoms with E-state index in [9.17, 15) is 4.79 Å². The van der Waals surface area contributed by atoms with Crippen molar-refractivity contribution in [3.05, 3.63) is 96.1 Å². The molecule has 1 unspecified atom stereocenters. The summed E-state index contributed by atoms with van der Waals surface area (Å²) in [4.78, 5) is 14.3. The normalized spacial score (nSPS) is 17.6. The van der Waals surface area contributed by atoms with Gasteiger partial charge in [-0.1, -0.05) is 91.9 Å². The van der Waals surface area contributed by atoms with Gasteiger partial charge in [-0.05, 0) is 22.3 Å². The summed E-state index contributed by atoms with van der Waals surface area (Å²) in [5.74, 6) is 0.292. The average Bonchev–Trinajstić information content (AvgIpc) is 3.09. The molecule has 0 radical (unpaired) electrons. The molecule has 1 heterocycles. The second kappa shape index (κ2) is 7.67. The van der Waals surface area contributed by atoms with Gasteiger partial charge in [-0.3, -0.25) is 0 Å². The van der Waals surface area contributed by atoms with Crippen molar-refractivity contribution < 1.29 is 4.79 Å². The number of urea groups is 1. The molecule has 2 amide bonds. The average molecular weight is 356 g/mol. The van der Waals surface area contributed by atoms with Crippen molar-refractivity contribution in [3.8, 4) is 11.1 Å². The minimum Gasteiger partial charge on any atom is -0.333 e. The van der Waals surface area contributed by atoms with Crippen molar-refractivity contribution >= 4 is 6.03 Å². The molecule has 0 bridgehead atoms. The summed E-state index contributed by atoms with van der Waals surface area (Å²) >= 11 is 0. The Kier molecular flexibility index (Phi) is 4.93. The quantitative estimate of drug-likeness (QED) is 0.681. The topological polar surface area (TPSA) is 32.3 Å². The number of hydrogen-bond acceptors (Lipinski definition) is 1. The molecule has 1 N–H and O–H groups in total. The van der Waals surface area contributed by atoms with Gasteiger partial charge in [-0.25, -0.2) is 4.79 Å². The summed E-state index contributed by atoms with van der Waals surface area (Å²) in [6.07, 6.45) is 0. The van der Waals surface area contributed by atoms with Crippen LogP contribution in [0.4, 0.5) is 4.79 Å². The third-order valence-electron chi connectivity index (χ3n) is 5.38. The molecule has 27 heavy (non-hydrogen) atoms. The molecule has 0 saturated carbocycles. The predicted molar refractivity (Wildman–Crippen MR) is 109 cm³/mol. The van der Waals surface area contributed by atoms with Gasteiger partial charge in [0.25, 0.3) is 0 Å². The number of nitrogens with zero attached hydrogens (tertiary/aromatic N) is 1. The standard InChI is InChI=1S/C24H24N2O/c1-18(20-8-4-2-5-9-20)23-17-26(24(27)25-23)16-19-12-14-22(15-13-19)21-10-6-3-7-11-21/h2-15,18,23H,16-17H2,1H3,(H,25,27)/t18-,23?/m0/s1. The van der Waals surface area contributed by atoms with Crippen molar-refractivity contribution in [2.75, 3.05) is 6.54 Å². The van der Waals surface area contributed by atoms with Gasteiger partial charge < -0.3 is 10.2 Å². The first kappa shape index (κ1) is 17.3. The van der Waals surface area contributed by atoms with Gasteiger partial charge in [0.05, 0.1) is 6.04 Å². The number of benzene rings is 3. The van der Waals surface area contributed by atoms with Crippen LogP contribution in [0.25, 0.3) is 11.1 Å². The lowest BCUT2D eigenvalue weighted by Crippen LogP contribution is -2.31. The van der Waals surface area contributed by atoms with E-state index in [0.29, 0.717) is 12.5 Å². The Morgan fingerprint density at radius 2 is 1.48 bits per heavy atom. The SMILES string of the molecule is C[C@@H](c1ccccc1)C1CN(Cc2ccc(-c3ccccc3)cc2)C(=O)N1. The second-order valence-electron chi connectivity index (χ2n) is 7.20. The summed E-state index contributed by atoms with van der Waals surface area (Å²) in [6.45, 7) is 3.55. The summed E-state index contributed by atoms with van der Waals surface area (Å²) in [7, 11) is 0. The molecule has 1 saturated heterocycles. The zero-order valence-corrected chi connectivity index (χ0v) is 15.5. The molecule has 3 nitrogen and oxygen atoms in total. The summed E-state index contributed by atoms with van der Waals surface area (Å²) < 4.78 is 0.